The first-order valence-electron chi connectivity index (χ1n) is 8.81. The molecule has 25 heavy (non-hydrogen) atoms. The standard InChI is InChI=1S/C19H24N4O2/c1-21-18-12-22(11-17(19(21)24)13-25-14-18)9-15-3-5-16(6-4-15)10-23-8-2-7-20-23/h2-8,17-18H,9-14H2,1H3/t17-,18+/m1/s1. The van der Waals surface area contributed by atoms with Crippen molar-refractivity contribution in [2.24, 2.45) is 5.92 Å². The summed E-state index contributed by atoms with van der Waals surface area (Å²) in [5.41, 5.74) is 2.52. The van der Waals surface area contributed by atoms with Gasteiger partial charge in [-0.1, -0.05) is 24.3 Å². The molecule has 4 rings (SSSR count). The van der Waals surface area contributed by atoms with Crippen molar-refractivity contribution in [2.45, 2.75) is 19.1 Å². The maximum Gasteiger partial charge on any atom is 0.229 e. The molecule has 0 unspecified atom stereocenters. The Balaban J connectivity index is 1.42. The van der Waals surface area contributed by atoms with Crippen molar-refractivity contribution in [1.29, 1.82) is 0 Å². The lowest BCUT2D eigenvalue weighted by molar-refractivity contribution is -0.133. The van der Waals surface area contributed by atoms with E-state index in [9.17, 15) is 4.79 Å². The highest BCUT2D eigenvalue weighted by atomic mass is 16.5. The van der Waals surface area contributed by atoms with Crippen molar-refractivity contribution in [2.75, 3.05) is 33.4 Å². The van der Waals surface area contributed by atoms with Gasteiger partial charge in [0, 0.05) is 39.1 Å². The molecule has 6 heteroatoms. The number of fused-ring (bicyclic) bond motifs is 3. The van der Waals surface area contributed by atoms with E-state index in [2.05, 4.69) is 34.3 Å². The van der Waals surface area contributed by atoms with Gasteiger partial charge in [0.05, 0.1) is 31.7 Å². The summed E-state index contributed by atoms with van der Waals surface area (Å²) >= 11 is 0. The Morgan fingerprint density at radius 2 is 1.88 bits per heavy atom. The predicted molar refractivity (Wildman–Crippen MR) is 93.9 cm³/mol. The largest absolute Gasteiger partial charge is 0.378 e. The van der Waals surface area contributed by atoms with Crippen molar-refractivity contribution in [3.8, 4) is 0 Å². The number of carbonyl (C=O) groups is 1. The summed E-state index contributed by atoms with van der Waals surface area (Å²) in [5, 5.41) is 4.24. The van der Waals surface area contributed by atoms with E-state index in [0.717, 1.165) is 26.2 Å². The van der Waals surface area contributed by atoms with Crippen LogP contribution < -0.4 is 0 Å². The molecule has 132 valence electrons. The number of amides is 1. The van der Waals surface area contributed by atoms with E-state index in [-0.39, 0.29) is 17.9 Å². The van der Waals surface area contributed by atoms with Crippen LogP contribution in [0.3, 0.4) is 0 Å². The summed E-state index contributed by atoms with van der Waals surface area (Å²) < 4.78 is 7.59. The van der Waals surface area contributed by atoms with Crippen LogP contribution in [0.1, 0.15) is 11.1 Å². The van der Waals surface area contributed by atoms with Crippen LogP contribution in [0.25, 0.3) is 0 Å². The summed E-state index contributed by atoms with van der Waals surface area (Å²) in [4.78, 5) is 16.7. The number of ether oxygens (including phenoxy) is 1. The van der Waals surface area contributed by atoms with E-state index >= 15 is 0 Å². The van der Waals surface area contributed by atoms with Crippen LogP contribution in [0.4, 0.5) is 0 Å². The smallest absolute Gasteiger partial charge is 0.229 e. The summed E-state index contributed by atoms with van der Waals surface area (Å²) in [6.07, 6.45) is 3.77. The van der Waals surface area contributed by atoms with Gasteiger partial charge in [0.1, 0.15) is 0 Å². The van der Waals surface area contributed by atoms with Crippen molar-refractivity contribution in [1.82, 2.24) is 19.6 Å². The first-order chi connectivity index (χ1) is 12.2. The first-order valence-corrected chi connectivity index (χ1v) is 8.81. The van der Waals surface area contributed by atoms with E-state index < -0.39 is 0 Å². The van der Waals surface area contributed by atoms with Crippen molar-refractivity contribution in [3.05, 3.63) is 53.9 Å². The molecular weight excluding hydrogens is 316 g/mol. The second-order valence-electron chi connectivity index (χ2n) is 7.05. The van der Waals surface area contributed by atoms with Gasteiger partial charge < -0.3 is 9.64 Å². The zero-order valence-corrected chi connectivity index (χ0v) is 14.5. The monoisotopic (exact) mass is 340 g/mol. The molecule has 6 nitrogen and oxygen atoms in total. The molecule has 2 aromatic rings. The van der Waals surface area contributed by atoms with Gasteiger partial charge in [-0.3, -0.25) is 14.4 Å². The normalized spacial score (nSPS) is 24.4. The fourth-order valence-electron chi connectivity index (χ4n) is 3.71. The van der Waals surface area contributed by atoms with Gasteiger partial charge in [0.2, 0.25) is 5.91 Å². The third kappa shape index (κ3) is 3.60. The summed E-state index contributed by atoms with van der Waals surface area (Å²) in [6, 6.07) is 10.8. The third-order valence-electron chi connectivity index (χ3n) is 5.15. The predicted octanol–water partition coefficient (Wildman–Crippen LogP) is 1.22. The van der Waals surface area contributed by atoms with Gasteiger partial charge in [0.15, 0.2) is 0 Å². The van der Waals surface area contributed by atoms with E-state index in [0.29, 0.717) is 13.2 Å². The minimum atomic E-state index is -0.0448. The molecule has 0 saturated carbocycles. The Morgan fingerprint density at radius 3 is 2.60 bits per heavy atom. The molecule has 2 aliphatic rings. The van der Waals surface area contributed by atoms with Gasteiger partial charge >= 0.3 is 0 Å². The highest BCUT2D eigenvalue weighted by Gasteiger charge is 2.37. The maximum atomic E-state index is 12.4. The van der Waals surface area contributed by atoms with Crippen LogP contribution in [0.5, 0.6) is 0 Å². The summed E-state index contributed by atoms with van der Waals surface area (Å²) in [7, 11) is 1.91. The summed E-state index contributed by atoms with van der Waals surface area (Å²) in [6.45, 7) is 4.48. The van der Waals surface area contributed by atoms with Crippen LogP contribution >= 0.6 is 0 Å². The lowest BCUT2D eigenvalue weighted by Crippen LogP contribution is -2.42. The lowest BCUT2D eigenvalue weighted by Gasteiger charge is -2.29. The molecule has 2 atom stereocenters. The minimum absolute atomic E-state index is 0.0448. The van der Waals surface area contributed by atoms with E-state index in [1.54, 1.807) is 6.20 Å². The van der Waals surface area contributed by atoms with E-state index in [1.165, 1.54) is 11.1 Å². The number of aromatic nitrogens is 2. The molecule has 1 aromatic carbocycles. The number of hydrogen-bond acceptors (Lipinski definition) is 4. The molecule has 2 bridgehead atoms. The molecular formula is C19H24N4O2. The van der Waals surface area contributed by atoms with Crippen molar-refractivity contribution in [3.63, 3.8) is 0 Å². The number of benzene rings is 1. The molecule has 3 heterocycles. The number of hydrogen-bond donors (Lipinski definition) is 0. The Labute approximate surface area is 148 Å². The molecule has 0 radical (unpaired) electrons. The molecule has 0 N–H and O–H groups in total. The minimum Gasteiger partial charge on any atom is -0.378 e. The summed E-state index contributed by atoms with van der Waals surface area (Å²) in [5.74, 6) is 0.177. The van der Waals surface area contributed by atoms with Crippen molar-refractivity contribution < 1.29 is 9.53 Å². The van der Waals surface area contributed by atoms with Gasteiger partial charge in [-0.2, -0.15) is 5.10 Å². The molecule has 2 aliphatic heterocycles. The topological polar surface area (TPSA) is 50.6 Å². The molecule has 0 aliphatic carbocycles. The van der Waals surface area contributed by atoms with E-state index in [1.807, 2.05) is 28.9 Å². The Hall–Kier alpha value is -2.18. The molecule has 1 amide bonds. The quantitative estimate of drug-likeness (QED) is 0.840. The Morgan fingerprint density at radius 1 is 1.12 bits per heavy atom. The van der Waals surface area contributed by atoms with Crippen LogP contribution in [0, 0.1) is 5.92 Å². The van der Waals surface area contributed by atoms with Gasteiger partial charge in [-0.25, -0.2) is 0 Å². The van der Waals surface area contributed by atoms with Gasteiger partial charge in [-0.15, -0.1) is 0 Å². The van der Waals surface area contributed by atoms with Crippen LogP contribution in [-0.4, -0.2) is 64.9 Å². The Bertz CT molecular complexity index is 714. The number of rotatable bonds is 4. The molecule has 2 saturated heterocycles. The average Bonchev–Trinajstić information content (AvgIpc) is 3.03. The van der Waals surface area contributed by atoms with Crippen LogP contribution in [0.15, 0.2) is 42.7 Å². The van der Waals surface area contributed by atoms with E-state index in [4.69, 9.17) is 4.74 Å². The maximum absolute atomic E-state index is 12.4. The zero-order chi connectivity index (χ0) is 17.2. The molecule has 0 spiro atoms. The number of likely N-dealkylation sites (N-methyl/N-ethyl adjacent to an activating group) is 1. The Kier molecular flexibility index (Phi) is 4.55. The lowest BCUT2D eigenvalue weighted by atomic mass is 10.1. The SMILES string of the molecule is CN1C(=O)[C@H]2COC[C@@H]1CN(Cc1ccc(Cn3cccn3)cc1)C2. The highest BCUT2D eigenvalue weighted by molar-refractivity contribution is 5.79. The van der Waals surface area contributed by atoms with Gasteiger partial charge in [0.25, 0.3) is 0 Å². The number of nitrogens with zero attached hydrogens (tertiary/aromatic N) is 4. The van der Waals surface area contributed by atoms with Crippen LogP contribution in [-0.2, 0) is 22.6 Å². The fraction of sp³-hybridized carbons (Fsp3) is 0.474. The van der Waals surface area contributed by atoms with Gasteiger partial charge in [-0.05, 0) is 17.2 Å². The second-order valence-corrected chi connectivity index (χ2v) is 7.05. The third-order valence-corrected chi connectivity index (χ3v) is 5.15. The highest BCUT2D eigenvalue weighted by Crippen LogP contribution is 2.21. The van der Waals surface area contributed by atoms with Crippen LogP contribution in [0.2, 0.25) is 0 Å². The fourth-order valence-corrected chi connectivity index (χ4v) is 3.71. The molecule has 2 fully saturated rings. The zero-order valence-electron chi connectivity index (χ0n) is 14.5. The average molecular weight is 340 g/mol. The first kappa shape index (κ1) is 16.3. The second kappa shape index (κ2) is 6.98. The number of carbonyl (C=O) groups excluding carboxylic acids is 1. The molecule has 1 aromatic heterocycles. The van der Waals surface area contributed by atoms with Crippen molar-refractivity contribution >= 4 is 5.91 Å².